The first-order chi connectivity index (χ1) is 4.52. The van der Waals surface area contributed by atoms with Crippen molar-refractivity contribution in [3.8, 4) is 0 Å². The Morgan fingerprint density at radius 1 is 1.50 bits per heavy atom. The molecule has 0 bridgehead atoms. The van der Waals surface area contributed by atoms with Gasteiger partial charge in [0.1, 0.15) is 5.78 Å². The lowest BCUT2D eigenvalue weighted by molar-refractivity contribution is -0.137. The smallest absolute Gasteiger partial charge is 0.304 e. The number of hydrogen-bond acceptors (Lipinski definition) is 3. The first-order valence-electron chi connectivity index (χ1n) is 2.91. The Bertz CT molecular complexity index is 128. The minimum absolute atomic E-state index is 0.0266. The molecule has 0 aromatic heterocycles. The zero-order chi connectivity index (χ0) is 8.15. The third-order valence-corrected chi connectivity index (χ3v) is 1.30. The fourth-order valence-corrected chi connectivity index (χ4v) is 1.02. The molecule has 0 aromatic rings. The van der Waals surface area contributed by atoms with Crippen LogP contribution < -0.4 is 0 Å². The van der Waals surface area contributed by atoms with E-state index in [1.807, 2.05) is 0 Å². The highest BCUT2D eigenvalue weighted by Crippen LogP contribution is 2.06. The Morgan fingerprint density at radius 3 is 2.30 bits per heavy atom. The first-order valence-corrected chi connectivity index (χ1v) is 3.43. The minimum Gasteiger partial charge on any atom is -0.481 e. The average Bonchev–Trinajstić information content (AvgIpc) is 1.58. The van der Waals surface area contributed by atoms with Crippen LogP contribution in [0.2, 0.25) is 0 Å². The van der Waals surface area contributed by atoms with Gasteiger partial charge >= 0.3 is 5.97 Å². The van der Waals surface area contributed by atoms with Crippen LogP contribution in [0.4, 0.5) is 0 Å². The van der Waals surface area contributed by atoms with E-state index in [0.29, 0.717) is 0 Å². The molecule has 1 unspecified atom stereocenters. The maximum atomic E-state index is 10.4. The van der Waals surface area contributed by atoms with E-state index in [1.165, 1.54) is 6.92 Å². The van der Waals surface area contributed by atoms with E-state index in [9.17, 15) is 9.59 Å². The summed E-state index contributed by atoms with van der Waals surface area (Å²) < 4.78 is 0. The molecule has 0 radical (unpaired) electrons. The van der Waals surface area contributed by atoms with Crippen LogP contribution in [0.15, 0.2) is 0 Å². The normalized spacial score (nSPS) is 12.6. The molecule has 1 N–H and O–H groups in total. The maximum Gasteiger partial charge on any atom is 0.304 e. The van der Waals surface area contributed by atoms with Crippen molar-refractivity contribution in [2.45, 2.75) is 25.0 Å². The second kappa shape index (κ2) is 4.33. The van der Waals surface area contributed by atoms with Gasteiger partial charge < -0.3 is 5.11 Å². The third-order valence-electron chi connectivity index (χ3n) is 0.933. The lowest BCUT2D eigenvalue weighted by Crippen LogP contribution is -2.10. The van der Waals surface area contributed by atoms with Gasteiger partial charge in [0.05, 0.1) is 6.42 Å². The van der Waals surface area contributed by atoms with Gasteiger partial charge in [-0.3, -0.25) is 9.59 Å². The zero-order valence-electron chi connectivity index (χ0n) is 5.70. The summed E-state index contributed by atoms with van der Waals surface area (Å²) >= 11 is 3.91. The largest absolute Gasteiger partial charge is 0.481 e. The van der Waals surface area contributed by atoms with Crippen LogP contribution in [0, 0.1) is 0 Å². The summed E-state index contributed by atoms with van der Waals surface area (Å²) in [4.78, 5) is 20.4. The van der Waals surface area contributed by atoms with Gasteiger partial charge in [-0.25, -0.2) is 0 Å². The highest BCUT2D eigenvalue weighted by molar-refractivity contribution is 7.81. The molecule has 0 aromatic carbocycles. The molecule has 4 heteroatoms. The number of aliphatic carboxylic acids is 1. The fraction of sp³-hybridized carbons (Fsp3) is 0.667. The number of carboxylic acid groups (broad SMARTS) is 1. The van der Waals surface area contributed by atoms with Gasteiger partial charge in [-0.2, -0.15) is 12.6 Å². The molecule has 0 spiro atoms. The van der Waals surface area contributed by atoms with Gasteiger partial charge in [0, 0.05) is 11.7 Å². The Morgan fingerprint density at radius 2 is 2.00 bits per heavy atom. The molecule has 1 atom stereocenters. The summed E-state index contributed by atoms with van der Waals surface area (Å²) in [6, 6.07) is 0. The number of rotatable bonds is 4. The summed E-state index contributed by atoms with van der Waals surface area (Å²) in [6.45, 7) is 1.42. The zero-order valence-corrected chi connectivity index (χ0v) is 6.60. The van der Waals surface area contributed by atoms with Crippen molar-refractivity contribution in [1.82, 2.24) is 0 Å². The molecular weight excluding hydrogens is 152 g/mol. The van der Waals surface area contributed by atoms with E-state index in [1.54, 1.807) is 0 Å². The van der Waals surface area contributed by atoms with Crippen molar-refractivity contribution in [2.75, 3.05) is 0 Å². The Kier molecular flexibility index (Phi) is 4.11. The molecular formula is C6H10O3S. The van der Waals surface area contributed by atoms with Gasteiger partial charge in [-0.1, -0.05) is 0 Å². The highest BCUT2D eigenvalue weighted by Gasteiger charge is 2.09. The topological polar surface area (TPSA) is 54.4 Å². The molecule has 0 saturated carbocycles. The van der Waals surface area contributed by atoms with Crippen LogP contribution in [0.1, 0.15) is 19.8 Å². The van der Waals surface area contributed by atoms with Crippen LogP contribution in [0.25, 0.3) is 0 Å². The number of carbonyl (C=O) groups is 2. The van der Waals surface area contributed by atoms with E-state index in [0.717, 1.165) is 0 Å². The molecule has 0 amide bonds. The Balaban J connectivity index is 3.53. The highest BCUT2D eigenvalue weighted by atomic mass is 32.1. The third kappa shape index (κ3) is 5.62. The summed E-state index contributed by atoms with van der Waals surface area (Å²) in [5, 5.41) is 7.90. The molecule has 10 heavy (non-hydrogen) atoms. The molecule has 0 heterocycles. The summed E-state index contributed by atoms with van der Waals surface area (Å²) in [5.74, 6) is -0.942. The molecule has 0 aliphatic rings. The van der Waals surface area contributed by atoms with Crippen molar-refractivity contribution in [1.29, 1.82) is 0 Å². The van der Waals surface area contributed by atoms with Crippen molar-refractivity contribution >= 4 is 24.4 Å². The average molecular weight is 162 g/mol. The second-order valence-electron chi connectivity index (χ2n) is 2.16. The molecule has 3 nitrogen and oxygen atoms in total. The van der Waals surface area contributed by atoms with Crippen LogP contribution in [0.3, 0.4) is 0 Å². The van der Waals surface area contributed by atoms with Crippen LogP contribution in [0.5, 0.6) is 0 Å². The van der Waals surface area contributed by atoms with Crippen LogP contribution in [-0.4, -0.2) is 22.1 Å². The van der Waals surface area contributed by atoms with E-state index >= 15 is 0 Å². The lowest BCUT2D eigenvalue weighted by atomic mass is 10.2. The van der Waals surface area contributed by atoms with Crippen molar-refractivity contribution in [3.05, 3.63) is 0 Å². The summed E-state index contributed by atoms with van der Waals surface area (Å²) in [7, 11) is 0. The van der Waals surface area contributed by atoms with E-state index in [2.05, 4.69) is 12.6 Å². The number of Topliss-reactive ketones (excluding diaryl/α,β-unsaturated/α-hetero) is 1. The number of carboxylic acids is 1. The fourth-order valence-electron chi connectivity index (χ4n) is 0.606. The molecule has 0 aliphatic carbocycles. The molecule has 0 fully saturated rings. The van der Waals surface area contributed by atoms with Gasteiger partial charge in [0.2, 0.25) is 0 Å². The number of carbonyl (C=O) groups excluding carboxylic acids is 1. The van der Waals surface area contributed by atoms with Gasteiger partial charge in [0.15, 0.2) is 0 Å². The quantitative estimate of drug-likeness (QED) is 0.599. The van der Waals surface area contributed by atoms with Gasteiger partial charge in [-0.15, -0.1) is 0 Å². The van der Waals surface area contributed by atoms with Crippen LogP contribution in [-0.2, 0) is 9.59 Å². The number of hydrogen-bond donors (Lipinski definition) is 2. The summed E-state index contributed by atoms with van der Waals surface area (Å²) in [5.41, 5.74) is 0. The van der Waals surface area contributed by atoms with Gasteiger partial charge in [-0.05, 0) is 6.92 Å². The van der Waals surface area contributed by atoms with Gasteiger partial charge in [0.25, 0.3) is 0 Å². The van der Waals surface area contributed by atoms with Crippen molar-refractivity contribution in [3.63, 3.8) is 0 Å². The standard InChI is InChI=1S/C6H10O3S/c1-4(7)2-5(10)3-6(8)9/h5,10H,2-3H2,1H3,(H,8,9). The van der Waals surface area contributed by atoms with Crippen molar-refractivity contribution in [2.24, 2.45) is 0 Å². The van der Waals surface area contributed by atoms with E-state index in [-0.39, 0.29) is 23.9 Å². The molecule has 0 rings (SSSR count). The molecule has 58 valence electrons. The SMILES string of the molecule is CC(=O)CC(S)CC(=O)O. The molecule has 0 saturated heterocycles. The maximum absolute atomic E-state index is 10.4. The van der Waals surface area contributed by atoms with E-state index < -0.39 is 5.97 Å². The number of ketones is 1. The van der Waals surface area contributed by atoms with Crippen LogP contribution >= 0.6 is 12.6 Å². The van der Waals surface area contributed by atoms with E-state index in [4.69, 9.17) is 5.11 Å². The van der Waals surface area contributed by atoms with Crippen molar-refractivity contribution < 1.29 is 14.7 Å². The minimum atomic E-state index is -0.916. The Labute approximate surface area is 64.8 Å². The molecule has 0 aliphatic heterocycles. The predicted molar refractivity (Wildman–Crippen MR) is 40.3 cm³/mol. The monoisotopic (exact) mass is 162 g/mol. The Hall–Kier alpha value is -0.510. The lowest BCUT2D eigenvalue weighted by Gasteiger charge is -2.02. The predicted octanol–water partition coefficient (Wildman–Crippen LogP) is 0.739. The summed E-state index contributed by atoms with van der Waals surface area (Å²) in [6.07, 6.45) is 0.179. The second-order valence-corrected chi connectivity index (χ2v) is 2.89. The first kappa shape index (κ1) is 9.49. The number of thiol groups is 1.